The minimum atomic E-state index is -0.686. The summed E-state index contributed by atoms with van der Waals surface area (Å²) in [7, 11) is 1.61. The molecule has 0 fully saturated rings. The first-order valence-electron chi connectivity index (χ1n) is 12.7. The second kappa shape index (κ2) is 13.5. The van der Waals surface area contributed by atoms with Gasteiger partial charge in [-0.1, -0.05) is 84.9 Å². The molecule has 3 amide bonds. The second-order valence-corrected chi connectivity index (χ2v) is 8.88. The van der Waals surface area contributed by atoms with Gasteiger partial charge in [0.2, 0.25) is 0 Å². The number of hydrogen-bond donors (Lipinski definition) is 0. The van der Waals surface area contributed by atoms with Gasteiger partial charge in [0.25, 0.3) is 17.7 Å². The Balaban J connectivity index is 1.62. The molecule has 7 heteroatoms. The summed E-state index contributed by atoms with van der Waals surface area (Å²) in [5, 5.41) is 0. The Morgan fingerprint density at radius 3 is 1.50 bits per heavy atom. The zero-order valence-electron chi connectivity index (χ0n) is 22.0. The SMILES string of the molecule is CN(CCN(C(=O)/C=C(\OC(=O)c1ccccc1)c1ccccc1)C(=O)c1ccccc1)C(=O)c1ccccc1. The third-order valence-electron chi connectivity index (χ3n) is 6.08. The zero-order chi connectivity index (χ0) is 28.3. The Kier molecular flexibility index (Phi) is 9.35. The van der Waals surface area contributed by atoms with E-state index < -0.39 is 17.8 Å². The van der Waals surface area contributed by atoms with E-state index in [1.165, 1.54) is 4.90 Å². The van der Waals surface area contributed by atoms with Gasteiger partial charge in [-0.15, -0.1) is 0 Å². The van der Waals surface area contributed by atoms with Gasteiger partial charge in [-0.05, 0) is 36.4 Å². The van der Waals surface area contributed by atoms with E-state index >= 15 is 0 Å². The van der Waals surface area contributed by atoms with Crippen molar-refractivity contribution >= 4 is 29.5 Å². The quantitative estimate of drug-likeness (QED) is 0.165. The molecule has 0 unspecified atom stereocenters. The van der Waals surface area contributed by atoms with E-state index in [4.69, 9.17) is 4.74 Å². The number of hydrogen-bond acceptors (Lipinski definition) is 5. The number of nitrogens with zero attached hydrogens (tertiary/aromatic N) is 2. The van der Waals surface area contributed by atoms with Crippen molar-refractivity contribution in [3.05, 3.63) is 150 Å². The van der Waals surface area contributed by atoms with E-state index in [-0.39, 0.29) is 24.8 Å². The lowest BCUT2D eigenvalue weighted by Gasteiger charge is -2.24. The molecule has 0 radical (unpaired) electrons. The van der Waals surface area contributed by atoms with Gasteiger partial charge in [-0.25, -0.2) is 4.79 Å². The lowest BCUT2D eigenvalue weighted by Crippen LogP contribution is -2.42. The largest absolute Gasteiger partial charge is 0.422 e. The van der Waals surface area contributed by atoms with Gasteiger partial charge < -0.3 is 9.64 Å². The van der Waals surface area contributed by atoms with E-state index in [0.29, 0.717) is 22.3 Å². The first kappa shape index (κ1) is 27.7. The number of ether oxygens (including phenoxy) is 1. The number of benzene rings is 4. The van der Waals surface area contributed by atoms with Gasteiger partial charge in [-0.3, -0.25) is 19.3 Å². The Morgan fingerprint density at radius 2 is 1.00 bits per heavy atom. The molecule has 7 nitrogen and oxygen atoms in total. The highest BCUT2D eigenvalue weighted by Crippen LogP contribution is 2.19. The minimum absolute atomic E-state index is 0.000897. The van der Waals surface area contributed by atoms with Crippen molar-refractivity contribution in [3.8, 4) is 0 Å². The van der Waals surface area contributed by atoms with Crippen molar-refractivity contribution in [2.24, 2.45) is 0 Å². The molecule has 0 aliphatic carbocycles. The van der Waals surface area contributed by atoms with Gasteiger partial charge in [-0.2, -0.15) is 0 Å². The Morgan fingerprint density at radius 1 is 0.575 bits per heavy atom. The molecule has 0 saturated carbocycles. The van der Waals surface area contributed by atoms with Crippen molar-refractivity contribution in [1.29, 1.82) is 0 Å². The van der Waals surface area contributed by atoms with Crippen LogP contribution in [0.15, 0.2) is 127 Å². The molecule has 0 bridgehead atoms. The van der Waals surface area contributed by atoms with Crippen LogP contribution in [-0.2, 0) is 9.53 Å². The minimum Gasteiger partial charge on any atom is -0.422 e. The van der Waals surface area contributed by atoms with E-state index in [0.717, 1.165) is 11.0 Å². The van der Waals surface area contributed by atoms with Crippen LogP contribution in [0.1, 0.15) is 36.6 Å². The van der Waals surface area contributed by atoms with Crippen LogP contribution in [0.2, 0.25) is 0 Å². The molecule has 0 aliphatic heterocycles. The maximum Gasteiger partial charge on any atom is 0.343 e. The van der Waals surface area contributed by atoms with E-state index in [1.807, 2.05) is 6.07 Å². The molecule has 4 aromatic rings. The maximum absolute atomic E-state index is 13.6. The van der Waals surface area contributed by atoms with E-state index in [2.05, 4.69) is 0 Å². The van der Waals surface area contributed by atoms with Crippen molar-refractivity contribution in [2.75, 3.05) is 20.1 Å². The lowest BCUT2D eigenvalue weighted by molar-refractivity contribution is -0.123. The van der Waals surface area contributed by atoms with Crippen molar-refractivity contribution in [1.82, 2.24) is 9.80 Å². The van der Waals surface area contributed by atoms with Crippen molar-refractivity contribution in [2.45, 2.75) is 0 Å². The molecule has 0 N–H and O–H groups in total. The third-order valence-corrected chi connectivity index (χ3v) is 6.08. The predicted octanol–water partition coefficient (Wildman–Crippen LogP) is 5.33. The highest BCUT2D eigenvalue weighted by atomic mass is 16.5. The molecule has 200 valence electrons. The molecular formula is C33H28N2O5. The molecule has 0 aromatic heterocycles. The Hall–Kier alpha value is -5.30. The fraction of sp³-hybridized carbons (Fsp3) is 0.0909. The van der Waals surface area contributed by atoms with Crippen LogP contribution in [0.4, 0.5) is 0 Å². The first-order chi connectivity index (χ1) is 19.4. The molecule has 0 aliphatic rings. The number of carbonyl (C=O) groups is 4. The summed E-state index contributed by atoms with van der Waals surface area (Å²) in [5.41, 5.74) is 1.61. The van der Waals surface area contributed by atoms with Gasteiger partial charge in [0.05, 0.1) is 5.56 Å². The van der Waals surface area contributed by atoms with Crippen LogP contribution >= 0.6 is 0 Å². The van der Waals surface area contributed by atoms with Gasteiger partial charge in [0, 0.05) is 42.9 Å². The maximum atomic E-state index is 13.6. The lowest BCUT2D eigenvalue weighted by atomic mass is 10.1. The molecule has 4 rings (SSSR count). The summed E-state index contributed by atoms with van der Waals surface area (Å²) in [6, 6.07) is 34.3. The monoisotopic (exact) mass is 532 g/mol. The smallest absolute Gasteiger partial charge is 0.343 e. The normalized spacial score (nSPS) is 10.9. The van der Waals surface area contributed by atoms with Gasteiger partial charge in [0.1, 0.15) is 5.76 Å². The Bertz CT molecular complexity index is 1490. The van der Waals surface area contributed by atoms with Gasteiger partial charge in [0.15, 0.2) is 0 Å². The standard InChI is InChI=1S/C33H28N2O5/c1-34(31(37)26-16-8-3-9-17-26)22-23-35(32(38)27-18-10-4-11-19-27)30(36)24-29(25-14-6-2-7-15-25)40-33(39)28-20-12-5-13-21-28/h2-21,24H,22-23H2,1H3/b29-24-. The van der Waals surface area contributed by atoms with Crippen LogP contribution in [0.3, 0.4) is 0 Å². The van der Waals surface area contributed by atoms with Gasteiger partial charge >= 0.3 is 5.97 Å². The highest BCUT2D eigenvalue weighted by molar-refractivity contribution is 6.10. The summed E-state index contributed by atoms with van der Waals surface area (Å²) in [6.07, 6.45) is 1.13. The molecule has 0 heterocycles. The molecule has 0 saturated heterocycles. The predicted molar refractivity (Wildman–Crippen MR) is 152 cm³/mol. The molecule has 40 heavy (non-hydrogen) atoms. The van der Waals surface area contributed by atoms with Crippen LogP contribution in [0.25, 0.3) is 5.76 Å². The summed E-state index contributed by atoms with van der Waals surface area (Å²) in [4.78, 5) is 55.3. The third kappa shape index (κ3) is 7.17. The van der Waals surface area contributed by atoms with Crippen LogP contribution in [0, 0.1) is 0 Å². The number of amides is 3. The summed E-state index contributed by atoms with van der Waals surface area (Å²) >= 11 is 0. The zero-order valence-corrected chi connectivity index (χ0v) is 22.0. The number of rotatable bonds is 9. The molecule has 4 aromatic carbocycles. The first-order valence-corrected chi connectivity index (χ1v) is 12.7. The number of imide groups is 1. The summed E-state index contributed by atoms with van der Waals surface area (Å²) < 4.78 is 5.65. The second-order valence-electron chi connectivity index (χ2n) is 8.88. The Labute approximate surface area is 232 Å². The molecular weight excluding hydrogens is 504 g/mol. The molecule has 0 spiro atoms. The van der Waals surface area contributed by atoms with Crippen LogP contribution in [-0.4, -0.2) is 53.6 Å². The van der Waals surface area contributed by atoms with Crippen molar-refractivity contribution < 1.29 is 23.9 Å². The number of esters is 1. The fourth-order valence-corrected chi connectivity index (χ4v) is 3.90. The van der Waals surface area contributed by atoms with E-state index in [1.54, 1.807) is 122 Å². The summed E-state index contributed by atoms with van der Waals surface area (Å²) in [6.45, 7) is 0.0171. The van der Waals surface area contributed by atoms with E-state index in [9.17, 15) is 19.2 Å². The van der Waals surface area contributed by atoms with Crippen LogP contribution < -0.4 is 0 Å². The average molecular weight is 533 g/mol. The van der Waals surface area contributed by atoms with Crippen LogP contribution in [0.5, 0.6) is 0 Å². The number of carbonyl (C=O) groups excluding carboxylic acids is 4. The fourth-order valence-electron chi connectivity index (χ4n) is 3.90. The average Bonchev–Trinajstić information content (AvgIpc) is 3.01. The highest BCUT2D eigenvalue weighted by Gasteiger charge is 2.24. The topological polar surface area (TPSA) is 84.0 Å². The molecule has 0 atom stereocenters. The summed E-state index contributed by atoms with van der Waals surface area (Å²) in [5.74, 6) is -2.10. The van der Waals surface area contributed by atoms with Crippen molar-refractivity contribution in [3.63, 3.8) is 0 Å². The number of likely N-dealkylation sites (N-methyl/N-ethyl adjacent to an activating group) is 1.